The van der Waals surface area contributed by atoms with E-state index in [1.807, 2.05) is 0 Å². The van der Waals surface area contributed by atoms with Crippen LogP contribution in [0.5, 0.6) is 0 Å². The van der Waals surface area contributed by atoms with Crippen LogP contribution in [-0.4, -0.2) is 20.4 Å². The predicted molar refractivity (Wildman–Crippen MR) is 91.3 cm³/mol. The van der Waals surface area contributed by atoms with Crippen molar-refractivity contribution in [1.82, 2.24) is 4.72 Å². The van der Waals surface area contributed by atoms with Crippen molar-refractivity contribution in [3.05, 3.63) is 58.6 Å². The number of anilines is 1. The summed E-state index contributed by atoms with van der Waals surface area (Å²) in [4.78, 5) is 12.2. The highest BCUT2D eigenvalue weighted by Crippen LogP contribution is 2.22. The molecule has 122 valence electrons. The number of sulfonamides is 1. The summed E-state index contributed by atoms with van der Waals surface area (Å²) < 4.78 is 26.7. The number of hydrogen-bond donors (Lipinski definition) is 2. The summed E-state index contributed by atoms with van der Waals surface area (Å²) in [5, 5.41) is 3.29. The normalized spacial score (nSPS) is 12.7. The van der Waals surface area contributed by atoms with Gasteiger partial charge in [-0.25, -0.2) is 8.42 Å². The van der Waals surface area contributed by atoms with E-state index in [1.165, 1.54) is 37.3 Å². The minimum atomic E-state index is -3.78. The average molecular weight is 373 g/mol. The van der Waals surface area contributed by atoms with E-state index in [4.69, 9.17) is 23.2 Å². The molecule has 2 aromatic carbocycles. The predicted octanol–water partition coefficient (Wildman–Crippen LogP) is 3.30. The first-order valence-corrected chi connectivity index (χ1v) is 8.86. The molecule has 0 aromatic heterocycles. The van der Waals surface area contributed by atoms with E-state index in [9.17, 15) is 13.2 Å². The first-order chi connectivity index (χ1) is 10.8. The number of benzene rings is 2. The Kier molecular flexibility index (Phi) is 5.64. The van der Waals surface area contributed by atoms with E-state index in [-0.39, 0.29) is 4.90 Å². The molecule has 1 amide bonds. The zero-order valence-electron chi connectivity index (χ0n) is 12.1. The van der Waals surface area contributed by atoms with Crippen molar-refractivity contribution >= 4 is 44.8 Å². The smallest absolute Gasteiger partial charge is 0.242 e. The number of amides is 1. The summed E-state index contributed by atoms with van der Waals surface area (Å²) in [6, 6.07) is 11.4. The average Bonchev–Trinajstić information content (AvgIpc) is 2.46. The van der Waals surface area contributed by atoms with E-state index >= 15 is 0 Å². The minimum Gasteiger partial charge on any atom is -0.325 e. The summed E-state index contributed by atoms with van der Waals surface area (Å²) in [7, 11) is -3.78. The van der Waals surface area contributed by atoms with E-state index in [0.29, 0.717) is 15.7 Å². The van der Waals surface area contributed by atoms with Crippen LogP contribution in [0, 0.1) is 0 Å². The fourth-order valence-electron chi connectivity index (χ4n) is 1.83. The van der Waals surface area contributed by atoms with Crippen molar-refractivity contribution < 1.29 is 13.2 Å². The number of rotatable bonds is 5. The van der Waals surface area contributed by atoms with Crippen LogP contribution in [0.2, 0.25) is 10.0 Å². The van der Waals surface area contributed by atoms with Gasteiger partial charge in [0, 0.05) is 15.7 Å². The zero-order chi connectivity index (χ0) is 17.0. The van der Waals surface area contributed by atoms with Gasteiger partial charge in [0.1, 0.15) is 0 Å². The van der Waals surface area contributed by atoms with Crippen LogP contribution in [0.3, 0.4) is 0 Å². The lowest BCUT2D eigenvalue weighted by Crippen LogP contribution is -2.41. The lowest BCUT2D eigenvalue weighted by molar-refractivity contribution is -0.117. The van der Waals surface area contributed by atoms with Gasteiger partial charge in [-0.3, -0.25) is 4.79 Å². The van der Waals surface area contributed by atoms with Crippen LogP contribution in [-0.2, 0) is 14.8 Å². The van der Waals surface area contributed by atoms with Crippen molar-refractivity contribution in [1.29, 1.82) is 0 Å². The standard InChI is InChI=1S/C15H14Cl2N2O3S/c1-10(19-23(21,22)14-5-3-2-4-6-14)15(20)18-13-8-11(16)7-12(17)9-13/h2-10,19H,1H3,(H,18,20)/t10-/m1/s1. The molecular weight excluding hydrogens is 359 g/mol. The molecule has 8 heteroatoms. The van der Waals surface area contributed by atoms with E-state index in [0.717, 1.165) is 0 Å². The van der Waals surface area contributed by atoms with Gasteiger partial charge in [-0.2, -0.15) is 4.72 Å². The maximum Gasteiger partial charge on any atom is 0.242 e. The van der Waals surface area contributed by atoms with Gasteiger partial charge in [0.05, 0.1) is 10.9 Å². The van der Waals surface area contributed by atoms with Crippen molar-refractivity contribution in [3.63, 3.8) is 0 Å². The molecule has 2 aromatic rings. The molecule has 0 aliphatic heterocycles. The van der Waals surface area contributed by atoms with Gasteiger partial charge < -0.3 is 5.32 Å². The van der Waals surface area contributed by atoms with Gasteiger partial charge in [-0.15, -0.1) is 0 Å². The van der Waals surface area contributed by atoms with Gasteiger partial charge in [0.15, 0.2) is 0 Å². The molecule has 2 N–H and O–H groups in total. The molecule has 0 bridgehead atoms. The van der Waals surface area contributed by atoms with Gasteiger partial charge in [-0.1, -0.05) is 41.4 Å². The maximum absolute atomic E-state index is 12.2. The second-order valence-electron chi connectivity index (χ2n) is 4.80. The first-order valence-electron chi connectivity index (χ1n) is 6.62. The number of carbonyl (C=O) groups is 1. The Labute approximate surface area is 144 Å². The molecule has 0 spiro atoms. The highest BCUT2D eigenvalue weighted by atomic mass is 35.5. The monoisotopic (exact) mass is 372 g/mol. The molecule has 5 nitrogen and oxygen atoms in total. The van der Waals surface area contributed by atoms with Gasteiger partial charge in [0.25, 0.3) is 0 Å². The summed E-state index contributed by atoms with van der Waals surface area (Å²) in [6.07, 6.45) is 0. The van der Waals surface area contributed by atoms with Crippen molar-refractivity contribution in [2.45, 2.75) is 17.9 Å². The molecule has 2 rings (SSSR count). The van der Waals surface area contributed by atoms with E-state index in [1.54, 1.807) is 18.2 Å². The fourth-order valence-corrected chi connectivity index (χ4v) is 3.58. The summed E-state index contributed by atoms with van der Waals surface area (Å²) in [6.45, 7) is 1.45. The summed E-state index contributed by atoms with van der Waals surface area (Å²) in [5.41, 5.74) is 0.387. The molecule has 0 fully saturated rings. The Bertz CT molecular complexity index is 790. The van der Waals surface area contributed by atoms with Crippen LogP contribution in [0.15, 0.2) is 53.4 Å². The van der Waals surface area contributed by atoms with E-state index in [2.05, 4.69) is 10.0 Å². The lowest BCUT2D eigenvalue weighted by Gasteiger charge is -2.14. The molecule has 0 heterocycles. The third-order valence-corrected chi connectivity index (χ3v) is 4.90. The zero-order valence-corrected chi connectivity index (χ0v) is 14.4. The maximum atomic E-state index is 12.2. The van der Waals surface area contributed by atoms with Crippen LogP contribution < -0.4 is 10.0 Å². The van der Waals surface area contributed by atoms with Gasteiger partial charge in [-0.05, 0) is 37.3 Å². The second kappa shape index (κ2) is 7.31. The Hall–Kier alpha value is -1.60. The van der Waals surface area contributed by atoms with Gasteiger partial charge >= 0.3 is 0 Å². The van der Waals surface area contributed by atoms with Crippen molar-refractivity contribution in [2.75, 3.05) is 5.32 Å². The third kappa shape index (κ3) is 4.94. The van der Waals surface area contributed by atoms with Crippen LogP contribution in [0.1, 0.15) is 6.92 Å². The number of carbonyl (C=O) groups excluding carboxylic acids is 1. The van der Waals surface area contributed by atoms with E-state index < -0.39 is 22.0 Å². The molecule has 0 aliphatic rings. The number of nitrogens with one attached hydrogen (secondary N) is 2. The SMILES string of the molecule is C[C@@H](NS(=O)(=O)c1ccccc1)C(=O)Nc1cc(Cl)cc(Cl)c1. The minimum absolute atomic E-state index is 0.0884. The van der Waals surface area contributed by atoms with Crippen LogP contribution in [0.4, 0.5) is 5.69 Å². The molecule has 0 aliphatic carbocycles. The first kappa shape index (κ1) is 17.7. The molecule has 0 saturated heterocycles. The van der Waals surface area contributed by atoms with Crippen molar-refractivity contribution in [2.24, 2.45) is 0 Å². The Morgan fingerprint density at radius 2 is 1.61 bits per heavy atom. The molecule has 0 saturated carbocycles. The highest BCUT2D eigenvalue weighted by Gasteiger charge is 2.22. The third-order valence-electron chi connectivity index (χ3n) is 2.91. The Morgan fingerprint density at radius 1 is 1.04 bits per heavy atom. The Morgan fingerprint density at radius 3 is 2.17 bits per heavy atom. The summed E-state index contributed by atoms with van der Waals surface area (Å²) >= 11 is 11.7. The van der Waals surface area contributed by atoms with Crippen LogP contribution in [0.25, 0.3) is 0 Å². The Balaban J connectivity index is 2.08. The fraction of sp³-hybridized carbons (Fsp3) is 0.133. The molecule has 0 radical (unpaired) electrons. The second-order valence-corrected chi connectivity index (χ2v) is 7.39. The summed E-state index contributed by atoms with van der Waals surface area (Å²) in [5.74, 6) is -0.525. The number of hydrogen-bond acceptors (Lipinski definition) is 3. The topological polar surface area (TPSA) is 75.3 Å². The molecule has 23 heavy (non-hydrogen) atoms. The van der Waals surface area contributed by atoms with Gasteiger partial charge in [0.2, 0.25) is 15.9 Å². The quantitative estimate of drug-likeness (QED) is 0.845. The van der Waals surface area contributed by atoms with Crippen molar-refractivity contribution in [3.8, 4) is 0 Å². The lowest BCUT2D eigenvalue weighted by atomic mass is 10.3. The molecular formula is C15H14Cl2N2O3S. The molecule has 1 atom stereocenters. The van der Waals surface area contributed by atoms with Crippen LogP contribution >= 0.6 is 23.2 Å². The largest absolute Gasteiger partial charge is 0.325 e. The highest BCUT2D eigenvalue weighted by molar-refractivity contribution is 7.89. The number of halogens is 2. The molecule has 0 unspecified atom stereocenters.